The third kappa shape index (κ3) is 1.50. The van der Waals surface area contributed by atoms with E-state index in [2.05, 4.69) is 15.2 Å². The number of hydrogen-bond donors (Lipinski definition) is 0. The Morgan fingerprint density at radius 2 is 2.43 bits per heavy atom. The predicted octanol–water partition coefficient (Wildman–Crippen LogP) is 0.332. The summed E-state index contributed by atoms with van der Waals surface area (Å²) in [7, 11) is 0. The summed E-state index contributed by atoms with van der Waals surface area (Å²) in [4.78, 5) is 14.0. The zero-order valence-electron chi connectivity index (χ0n) is 3.33. The molecular formula is C2H3ClN2O2. The van der Waals surface area contributed by atoms with Crippen molar-refractivity contribution in [2.45, 2.75) is 0 Å². The maximum Gasteiger partial charge on any atom is 0.307 e. The molecule has 1 rings (SSSR count). The van der Waals surface area contributed by atoms with E-state index in [0.717, 1.165) is 0 Å². The quantitative estimate of drug-likeness (QED) is 0.465. The summed E-state index contributed by atoms with van der Waals surface area (Å²) < 4.78 is 0. The molecule has 1 heterocycles. The third-order valence-corrected chi connectivity index (χ3v) is 0.398. The van der Waals surface area contributed by atoms with Crippen molar-refractivity contribution in [2.24, 2.45) is 10.4 Å². The van der Waals surface area contributed by atoms with Crippen LogP contribution in [0.4, 0.5) is 0 Å². The van der Waals surface area contributed by atoms with Crippen molar-refractivity contribution in [1.82, 2.24) is 0 Å². The molecule has 1 aliphatic heterocycles. The van der Waals surface area contributed by atoms with E-state index in [-0.39, 0.29) is 24.9 Å². The molecule has 7 heavy (non-hydrogen) atoms. The number of carbonyl (C=O) groups excluding carboxylic acids is 1. The van der Waals surface area contributed by atoms with Gasteiger partial charge in [-0.1, -0.05) is 5.11 Å². The lowest BCUT2D eigenvalue weighted by Gasteiger charge is -1.71. The van der Waals surface area contributed by atoms with Crippen molar-refractivity contribution in [3.05, 3.63) is 0 Å². The average molecular weight is 123 g/mol. The largest absolute Gasteiger partial charge is 0.369 e. The van der Waals surface area contributed by atoms with Crippen LogP contribution in [0, 0.1) is 0 Å². The van der Waals surface area contributed by atoms with E-state index in [9.17, 15) is 4.79 Å². The van der Waals surface area contributed by atoms with Crippen LogP contribution < -0.4 is 0 Å². The summed E-state index contributed by atoms with van der Waals surface area (Å²) in [6.07, 6.45) is 0. The van der Waals surface area contributed by atoms with Gasteiger partial charge in [0.05, 0.1) is 0 Å². The van der Waals surface area contributed by atoms with Crippen LogP contribution in [0.1, 0.15) is 0 Å². The zero-order valence-corrected chi connectivity index (χ0v) is 4.14. The van der Waals surface area contributed by atoms with Gasteiger partial charge in [0.15, 0.2) is 0 Å². The van der Waals surface area contributed by atoms with Crippen LogP contribution in [-0.2, 0) is 9.63 Å². The lowest BCUT2D eigenvalue weighted by molar-refractivity contribution is -0.118. The predicted molar refractivity (Wildman–Crippen MR) is 23.1 cm³/mol. The van der Waals surface area contributed by atoms with Crippen LogP contribution in [0.2, 0.25) is 0 Å². The molecule has 1 aliphatic rings. The SMILES string of the molecule is Cl.O=C1CON=N1. The van der Waals surface area contributed by atoms with Crippen molar-refractivity contribution >= 4 is 18.3 Å². The topological polar surface area (TPSA) is 51.0 Å². The maximum absolute atomic E-state index is 9.86. The summed E-state index contributed by atoms with van der Waals surface area (Å²) in [5.41, 5.74) is 0. The molecular weight excluding hydrogens is 119 g/mol. The summed E-state index contributed by atoms with van der Waals surface area (Å²) in [5, 5.41) is 5.94. The van der Waals surface area contributed by atoms with Gasteiger partial charge in [-0.15, -0.1) is 12.4 Å². The monoisotopic (exact) mass is 122 g/mol. The first-order chi connectivity index (χ1) is 2.89. The molecule has 0 saturated heterocycles. The van der Waals surface area contributed by atoms with Gasteiger partial charge < -0.3 is 4.84 Å². The van der Waals surface area contributed by atoms with E-state index in [1.54, 1.807) is 0 Å². The second-order valence-corrected chi connectivity index (χ2v) is 0.849. The Hall–Kier alpha value is -0.640. The van der Waals surface area contributed by atoms with Crippen LogP contribution in [0.5, 0.6) is 0 Å². The van der Waals surface area contributed by atoms with E-state index in [4.69, 9.17) is 0 Å². The Labute approximate surface area is 45.9 Å². The number of carbonyl (C=O) groups is 1. The molecule has 0 aliphatic carbocycles. The lowest BCUT2D eigenvalue weighted by atomic mass is 10.7. The van der Waals surface area contributed by atoms with E-state index in [1.165, 1.54) is 0 Å². The first-order valence-corrected chi connectivity index (χ1v) is 1.45. The highest BCUT2D eigenvalue weighted by molar-refractivity contribution is 5.85. The third-order valence-electron chi connectivity index (χ3n) is 0.398. The van der Waals surface area contributed by atoms with Crippen LogP contribution >= 0.6 is 12.4 Å². The zero-order chi connectivity index (χ0) is 4.41. The van der Waals surface area contributed by atoms with Crippen LogP contribution in [0.3, 0.4) is 0 Å². The van der Waals surface area contributed by atoms with Crippen LogP contribution in [-0.4, -0.2) is 12.5 Å². The number of hydrogen-bond acceptors (Lipinski definition) is 3. The van der Waals surface area contributed by atoms with Gasteiger partial charge in [0.1, 0.15) is 0 Å². The van der Waals surface area contributed by atoms with Gasteiger partial charge in [0.25, 0.3) is 0 Å². The Bertz CT molecular complexity index is 102. The van der Waals surface area contributed by atoms with E-state index >= 15 is 0 Å². The number of rotatable bonds is 0. The molecule has 0 fully saturated rings. The van der Waals surface area contributed by atoms with Gasteiger partial charge in [-0.3, -0.25) is 4.79 Å². The summed E-state index contributed by atoms with van der Waals surface area (Å²) in [6.45, 7) is 0.0139. The van der Waals surface area contributed by atoms with Gasteiger partial charge in [-0.05, 0) is 0 Å². The van der Waals surface area contributed by atoms with Gasteiger partial charge in [0, 0.05) is 5.28 Å². The molecule has 1 amide bonds. The molecule has 5 heteroatoms. The molecule has 0 aromatic carbocycles. The Morgan fingerprint density at radius 1 is 1.71 bits per heavy atom. The maximum atomic E-state index is 9.86. The number of nitrogens with zero attached hydrogens (tertiary/aromatic N) is 2. The van der Waals surface area contributed by atoms with Gasteiger partial charge in [0.2, 0.25) is 6.61 Å². The summed E-state index contributed by atoms with van der Waals surface area (Å²) in [5.74, 6) is -0.310. The van der Waals surface area contributed by atoms with Crippen LogP contribution in [0.15, 0.2) is 10.4 Å². The molecule has 0 aromatic rings. The minimum Gasteiger partial charge on any atom is -0.369 e. The molecule has 0 bridgehead atoms. The Kier molecular flexibility index (Phi) is 2.29. The van der Waals surface area contributed by atoms with Crippen molar-refractivity contribution < 1.29 is 9.63 Å². The molecule has 0 atom stereocenters. The minimum atomic E-state index is -0.310. The lowest BCUT2D eigenvalue weighted by Crippen LogP contribution is -1.91. The average Bonchev–Trinajstić information content (AvgIpc) is 1.86. The molecule has 0 unspecified atom stereocenters. The van der Waals surface area contributed by atoms with Crippen molar-refractivity contribution in [3.63, 3.8) is 0 Å². The fourth-order valence-electron chi connectivity index (χ4n) is 0.187. The van der Waals surface area contributed by atoms with Crippen molar-refractivity contribution in [1.29, 1.82) is 0 Å². The normalized spacial score (nSPS) is 15.7. The summed E-state index contributed by atoms with van der Waals surface area (Å²) in [6, 6.07) is 0. The molecule has 4 nitrogen and oxygen atoms in total. The molecule has 0 spiro atoms. The fourth-order valence-corrected chi connectivity index (χ4v) is 0.187. The molecule has 40 valence electrons. The second kappa shape index (κ2) is 2.52. The number of halogens is 1. The van der Waals surface area contributed by atoms with Gasteiger partial charge in [-0.2, -0.15) is 0 Å². The van der Waals surface area contributed by atoms with Gasteiger partial charge in [-0.25, -0.2) is 0 Å². The minimum absolute atomic E-state index is 0. The van der Waals surface area contributed by atoms with E-state index in [1.807, 2.05) is 0 Å². The molecule has 0 saturated carbocycles. The molecule has 0 N–H and O–H groups in total. The van der Waals surface area contributed by atoms with Gasteiger partial charge >= 0.3 is 5.91 Å². The standard InChI is InChI=1S/C2H2N2O2.ClH/c5-2-1-6-4-3-2;/h1H2;1H. The second-order valence-electron chi connectivity index (χ2n) is 0.849. The molecule has 0 aromatic heterocycles. The first kappa shape index (κ1) is 6.36. The van der Waals surface area contributed by atoms with Crippen LogP contribution in [0.25, 0.3) is 0 Å². The van der Waals surface area contributed by atoms with E-state index in [0.29, 0.717) is 0 Å². The summed E-state index contributed by atoms with van der Waals surface area (Å²) >= 11 is 0. The Morgan fingerprint density at radius 3 is 2.57 bits per heavy atom. The van der Waals surface area contributed by atoms with Crippen molar-refractivity contribution in [2.75, 3.05) is 6.61 Å². The van der Waals surface area contributed by atoms with Crippen molar-refractivity contribution in [3.8, 4) is 0 Å². The van der Waals surface area contributed by atoms with E-state index < -0.39 is 0 Å². The molecule has 0 radical (unpaired) electrons. The number of amides is 1. The highest BCUT2D eigenvalue weighted by Gasteiger charge is 2.03. The first-order valence-electron chi connectivity index (χ1n) is 1.45. The highest BCUT2D eigenvalue weighted by atomic mass is 35.5. The smallest absolute Gasteiger partial charge is 0.307 e. The Balaban J connectivity index is 0.000000360. The fraction of sp³-hybridized carbons (Fsp3) is 0.500. The highest BCUT2D eigenvalue weighted by Crippen LogP contribution is 1.90.